The van der Waals surface area contributed by atoms with Crippen LogP contribution in [0.4, 0.5) is 0 Å². The second kappa shape index (κ2) is 5.68. The van der Waals surface area contributed by atoms with E-state index in [1.807, 2.05) is 6.92 Å². The molecule has 0 aliphatic carbocycles. The normalized spacial score (nSPS) is 24.8. The zero-order valence-corrected chi connectivity index (χ0v) is 9.87. The highest BCUT2D eigenvalue weighted by atomic mass is 79.9. The van der Waals surface area contributed by atoms with E-state index in [1.165, 1.54) is 0 Å². The number of halogens is 1. The van der Waals surface area contributed by atoms with E-state index in [2.05, 4.69) is 15.9 Å². The third-order valence-corrected chi connectivity index (χ3v) is 3.39. The van der Waals surface area contributed by atoms with Crippen molar-refractivity contribution in [3.05, 3.63) is 0 Å². The molecule has 1 aliphatic heterocycles. The van der Waals surface area contributed by atoms with Crippen molar-refractivity contribution in [1.29, 1.82) is 0 Å². The Balaban J connectivity index is 2.58. The fourth-order valence-corrected chi connectivity index (χ4v) is 1.71. The summed E-state index contributed by atoms with van der Waals surface area (Å²) < 4.78 is 5.20. The zero-order chi connectivity index (χ0) is 10.6. The zero-order valence-electron chi connectivity index (χ0n) is 8.28. The number of ether oxygens (including phenoxy) is 1. The van der Waals surface area contributed by atoms with Gasteiger partial charge in [0.2, 0.25) is 5.91 Å². The molecule has 0 aromatic heterocycles. The number of carbonyl (C=O) groups excluding carboxylic acids is 1. The van der Waals surface area contributed by atoms with Gasteiger partial charge in [-0.2, -0.15) is 0 Å². The number of alkyl halides is 1. The monoisotopic (exact) mass is 265 g/mol. The molecule has 1 saturated heterocycles. The Morgan fingerprint density at radius 3 is 3.07 bits per heavy atom. The van der Waals surface area contributed by atoms with Crippen molar-refractivity contribution in [2.24, 2.45) is 0 Å². The van der Waals surface area contributed by atoms with Gasteiger partial charge in [-0.1, -0.05) is 22.9 Å². The van der Waals surface area contributed by atoms with Gasteiger partial charge in [0.05, 0.1) is 30.7 Å². The lowest BCUT2D eigenvalue weighted by atomic mass is 10.2. The molecular formula is C9H16BrNO3. The van der Waals surface area contributed by atoms with Gasteiger partial charge in [0.1, 0.15) is 0 Å². The Bertz CT molecular complexity index is 200. The minimum Gasteiger partial charge on any atom is -0.394 e. The molecule has 0 saturated carbocycles. The smallest absolute Gasteiger partial charge is 0.236 e. The molecule has 1 N–H and O–H groups in total. The van der Waals surface area contributed by atoms with Crippen molar-refractivity contribution in [3.8, 4) is 0 Å². The summed E-state index contributed by atoms with van der Waals surface area (Å²) >= 11 is 3.32. The van der Waals surface area contributed by atoms with Crippen LogP contribution in [0.5, 0.6) is 0 Å². The fraction of sp³-hybridized carbons (Fsp3) is 0.889. The minimum absolute atomic E-state index is 0.0326. The highest BCUT2D eigenvalue weighted by Gasteiger charge is 2.29. The van der Waals surface area contributed by atoms with Crippen LogP contribution in [0.25, 0.3) is 0 Å². The van der Waals surface area contributed by atoms with Gasteiger partial charge in [0.15, 0.2) is 0 Å². The molecule has 2 unspecified atom stereocenters. The van der Waals surface area contributed by atoms with Gasteiger partial charge in [-0.15, -0.1) is 0 Å². The fourth-order valence-electron chi connectivity index (χ4n) is 1.45. The Labute approximate surface area is 92.3 Å². The van der Waals surface area contributed by atoms with E-state index in [9.17, 15) is 4.79 Å². The lowest BCUT2D eigenvalue weighted by Gasteiger charge is -2.35. The molecular weight excluding hydrogens is 250 g/mol. The molecule has 1 aliphatic rings. The number of aliphatic hydroxyl groups excluding tert-OH is 1. The molecule has 5 heteroatoms. The third-order valence-electron chi connectivity index (χ3n) is 2.35. The Kier molecular flexibility index (Phi) is 4.84. The van der Waals surface area contributed by atoms with Crippen LogP contribution in [0, 0.1) is 0 Å². The molecule has 0 aromatic carbocycles. The van der Waals surface area contributed by atoms with Crippen molar-refractivity contribution in [2.45, 2.75) is 24.2 Å². The summed E-state index contributed by atoms with van der Waals surface area (Å²) in [4.78, 5) is 13.4. The summed E-state index contributed by atoms with van der Waals surface area (Å²) in [5.74, 6) is 0.0508. The van der Waals surface area contributed by atoms with Gasteiger partial charge < -0.3 is 14.7 Å². The van der Waals surface area contributed by atoms with Crippen LogP contribution >= 0.6 is 15.9 Å². The molecule has 0 bridgehead atoms. The highest BCUT2D eigenvalue weighted by molar-refractivity contribution is 9.10. The van der Waals surface area contributed by atoms with Crippen molar-refractivity contribution in [3.63, 3.8) is 0 Å². The molecule has 1 rings (SSSR count). The first-order chi connectivity index (χ1) is 6.70. The van der Waals surface area contributed by atoms with Crippen LogP contribution in [0.2, 0.25) is 0 Å². The van der Waals surface area contributed by atoms with E-state index in [0.29, 0.717) is 19.8 Å². The molecule has 14 heavy (non-hydrogen) atoms. The molecule has 0 radical (unpaired) electrons. The Morgan fingerprint density at radius 2 is 2.50 bits per heavy atom. The summed E-state index contributed by atoms with van der Waals surface area (Å²) in [6, 6.07) is -0.178. The predicted molar refractivity (Wildman–Crippen MR) is 56.4 cm³/mol. The lowest BCUT2D eigenvalue weighted by Crippen LogP contribution is -2.52. The number of nitrogens with zero attached hydrogens (tertiary/aromatic N) is 1. The molecule has 0 aromatic rings. The number of amides is 1. The maximum absolute atomic E-state index is 11.8. The predicted octanol–water partition coefficient (Wildman–Crippen LogP) is 0.380. The second-order valence-electron chi connectivity index (χ2n) is 3.32. The molecule has 2 atom stereocenters. The van der Waals surface area contributed by atoms with E-state index in [1.54, 1.807) is 4.90 Å². The maximum atomic E-state index is 11.8. The maximum Gasteiger partial charge on any atom is 0.236 e. The summed E-state index contributed by atoms with van der Waals surface area (Å²) in [7, 11) is 0. The summed E-state index contributed by atoms with van der Waals surface area (Å²) in [5.41, 5.74) is 0. The van der Waals surface area contributed by atoms with Crippen LogP contribution in [0.15, 0.2) is 0 Å². The molecule has 1 heterocycles. The van der Waals surface area contributed by atoms with Gasteiger partial charge in [-0.3, -0.25) is 4.79 Å². The topological polar surface area (TPSA) is 49.8 Å². The quantitative estimate of drug-likeness (QED) is 0.751. The first kappa shape index (κ1) is 11.9. The van der Waals surface area contributed by atoms with Crippen molar-refractivity contribution >= 4 is 21.8 Å². The average Bonchev–Trinajstić information content (AvgIpc) is 2.26. The first-order valence-corrected chi connectivity index (χ1v) is 5.75. The van der Waals surface area contributed by atoms with Gasteiger partial charge >= 0.3 is 0 Å². The van der Waals surface area contributed by atoms with E-state index >= 15 is 0 Å². The van der Waals surface area contributed by atoms with Crippen LogP contribution < -0.4 is 0 Å². The van der Waals surface area contributed by atoms with E-state index < -0.39 is 0 Å². The average molecular weight is 266 g/mol. The van der Waals surface area contributed by atoms with Gasteiger partial charge in [-0.25, -0.2) is 0 Å². The van der Waals surface area contributed by atoms with Crippen molar-refractivity contribution < 1.29 is 14.6 Å². The van der Waals surface area contributed by atoms with Crippen LogP contribution in [-0.4, -0.2) is 53.1 Å². The molecule has 1 amide bonds. The van der Waals surface area contributed by atoms with E-state index in [4.69, 9.17) is 9.84 Å². The minimum atomic E-state index is -0.178. The standard InChI is InChI=1S/C9H16BrNO3/c1-2-8(10)9(13)11-3-4-14-6-7(11)5-12/h7-8,12H,2-6H2,1H3. The van der Waals surface area contributed by atoms with Crippen molar-refractivity contribution in [1.82, 2.24) is 4.90 Å². The second-order valence-corrected chi connectivity index (χ2v) is 4.42. The number of hydrogen-bond acceptors (Lipinski definition) is 3. The summed E-state index contributed by atoms with van der Waals surface area (Å²) in [6.07, 6.45) is 0.758. The number of carbonyl (C=O) groups is 1. The summed E-state index contributed by atoms with van der Waals surface area (Å²) in [6.45, 7) is 3.49. The van der Waals surface area contributed by atoms with Gasteiger partial charge in [0, 0.05) is 6.54 Å². The molecule has 4 nitrogen and oxygen atoms in total. The molecule has 0 spiro atoms. The Morgan fingerprint density at radius 1 is 1.79 bits per heavy atom. The van der Waals surface area contributed by atoms with Gasteiger partial charge in [-0.05, 0) is 6.42 Å². The largest absolute Gasteiger partial charge is 0.394 e. The third kappa shape index (κ3) is 2.68. The molecule has 1 fully saturated rings. The van der Waals surface area contributed by atoms with Gasteiger partial charge in [0.25, 0.3) is 0 Å². The SMILES string of the molecule is CCC(Br)C(=O)N1CCOCC1CO. The van der Waals surface area contributed by atoms with E-state index in [-0.39, 0.29) is 23.4 Å². The van der Waals surface area contributed by atoms with Crippen LogP contribution in [0.3, 0.4) is 0 Å². The van der Waals surface area contributed by atoms with Crippen LogP contribution in [0.1, 0.15) is 13.3 Å². The highest BCUT2D eigenvalue weighted by Crippen LogP contribution is 2.14. The van der Waals surface area contributed by atoms with Crippen molar-refractivity contribution in [2.75, 3.05) is 26.4 Å². The molecule has 82 valence electrons. The number of rotatable bonds is 3. The lowest BCUT2D eigenvalue weighted by molar-refractivity contribution is -0.140. The first-order valence-electron chi connectivity index (χ1n) is 4.83. The summed E-state index contributed by atoms with van der Waals surface area (Å²) in [5, 5.41) is 9.08. The number of aliphatic hydroxyl groups is 1. The van der Waals surface area contributed by atoms with Crippen LogP contribution in [-0.2, 0) is 9.53 Å². The number of hydrogen-bond donors (Lipinski definition) is 1. The Hall–Kier alpha value is -0.130. The number of morpholine rings is 1. The van der Waals surface area contributed by atoms with E-state index in [0.717, 1.165) is 6.42 Å².